The minimum atomic E-state index is 0.184. The summed E-state index contributed by atoms with van der Waals surface area (Å²) in [5.41, 5.74) is 1.92. The monoisotopic (exact) mass is 292 g/mol. The zero-order valence-electron chi connectivity index (χ0n) is 10.3. The predicted molar refractivity (Wildman–Crippen MR) is 78.8 cm³/mol. The van der Waals surface area contributed by atoms with Crippen molar-refractivity contribution in [2.45, 2.75) is 19.3 Å². The summed E-state index contributed by atoms with van der Waals surface area (Å²) in [5.74, 6) is 0.184. The molecule has 3 nitrogen and oxygen atoms in total. The van der Waals surface area contributed by atoms with Gasteiger partial charge in [0, 0.05) is 28.9 Å². The van der Waals surface area contributed by atoms with Crippen LogP contribution in [0.3, 0.4) is 0 Å². The van der Waals surface area contributed by atoms with E-state index in [-0.39, 0.29) is 5.91 Å². The zero-order valence-corrected chi connectivity index (χ0v) is 11.9. The molecule has 1 aliphatic rings. The third kappa shape index (κ3) is 2.65. The molecule has 1 saturated heterocycles. The Morgan fingerprint density at radius 3 is 2.74 bits per heavy atom. The summed E-state index contributed by atoms with van der Waals surface area (Å²) in [7, 11) is 0. The van der Waals surface area contributed by atoms with Gasteiger partial charge in [-0.2, -0.15) is 0 Å². The maximum absolute atomic E-state index is 11.9. The van der Waals surface area contributed by atoms with Crippen LogP contribution in [-0.4, -0.2) is 17.4 Å². The average Bonchev–Trinajstić information content (AvgIpc) is 2.89. The Morgan fingerprint density at radius 1 is 1.21 bits per heavy atom. The number of hydrogen-bond donors (Lipinski definition) is 0. The molecule has 1 amide bonds. The SMILES string of the molecule is O=C1CCCCN1c1nc(-c2ccc(Cl)cc2)cs1. The van der Waals surface area contributed by atoms with Gasteiger partial charge < -0.3 is 0 Å². The molecule has 1 aromatic heterocycles. The maximum Gasteiger partial charge on any atom is 0.228 e. The van der Waals surface area contributed by atoms with Crippen LogP contribution in [0.4, 0.5) is 5.13 Å². The van der Waals surface area contributed by atoms with Crippen molar-refractivity contribution < 1.29 is 4.79 Å². The molecule has 0 atom stereocenters. The number of amides is 1. The molecule has 0 bridgehead atoms. The van der Waals surface area contributed by atoms with E-state index in [1.165, 1.54) is 11.3 Å². The molecule has 1 aromatic carbocycles. The van der Waals surface area contributed by atoms with Crippen molar-refractivity contribution in [1.82, 2.24) is 4.98 Å². The summed E-state index contributed by atoms with van der Waals surface area (Å²) >= 11 is 7.39. The second-order valence-electron chi connectivity index (χ2n) is 4.52. The topological polar surface area (TPSA) is 33.2 Å². The summed E-state index contributed by atoms with van der Waals surface area (Å²) in [6.45, 7) is 0.784. The van der Waals surface area contributed by atoms with E-state index < -0.39 is 0 Å². The van der Waals surface area contributed by atoms with Crippen LogP contribution in [0.25, 0.3) is 11.3 Å². The summed E-state index contributed by atoms with van der Waals surface area (Å²) in [4.78, 5) is 18.2. The molecule has 0 spiro atoms. The van der Waals surface area contributed by atoms with Gasteiger partial charge in [-0.25, -0.2) is 4.98 Å². The van der Waals surface area contributed by atoms with E-state index in [2.05, 4.69) is 4.98 Å². The second kappa shape index (κ2) is 5.31. The van der Waals surface area contributed by atoms with Crippen molar-refractivity contribution in [3.63, 3.8) is 0 Å². The summed E-state index contributed by atoms with van der Waals surface area (Å²) in [6.07, 6.45) is 2.68. The van der Waals surface area contributed by atoms with Crippen molar-refractivity contribution >= 4 is 34.0 Å². The van der Waals surface area contributed by atoms with E-state index in [1.807, 2.05) is 29.6 Å². The van der Waals surface area contributed by atoms with Crippen LogP contribution >= 0.6 is 22.9 Å². The van der Waals surface area contributed by atoms with Gasteiger partial charge in [-0.3, -0.25) is 9.69 Å². The fourth-order valence-electron chi connectivity index (χ4n) is 2.15. The third-order valence-corrected chi connectivity index (χ3v) is 4.30. The molecule has 19 heavy (non-hydrogen) atoms. The molecule has 0 unspecified atom stereocenters. The maximum atomic E-state index is 11.9. The number of halogens is 1. The van der Waals surface area contributed by atoms with Gasteiger partial charge in [-0.15, -0.1) is 11.3 Å². The van der Waals surface area contributed by atoms with Gasteiger partial charge in [0.25, 0.3) is 0 Å². The summed E-state index contributed by atoms with van der Waals surface area (Å²) in [5, 5.41) is 3.50. The lowest BCUT2D eigenvalue weighted by molar-refractivity contribution is -0.119. The van der Waals surface area contributed by atoms with Crippen LogP contribution in [0.15, 0.2) is 29.6 Å². The van der Waals surface area contributed by atoms with Crippen LogP contribution in [0.5, 0.6) is 0 Å². The molecule has 5 heteroatoms. The van der Waals surface area contributed by atoms with E-state index in [0.717, 1.165) is 35.8 Å². The second-order valence-corrected chi connectivity index (χ2v) is 5.80. The van der Waals surface area contributed by atoms with Crippen LogP contribution in [0.1, 0.15) is 19.3 Å². The molecular weight excluding hydrogens is 280 g/mol. The molecule has 1 aliphatic heterocycles. The normalized spacial score (nSPS) is 15.8. The van der Waals surface area contributed by atoms with Crippen LogP contribution < -0.4 is 4.90 Å². The minimum Gasteiger partial charge on any atom is -0.288 e. The standard InChI is InChI=1S/C14H13ClN2OS/c15-11-6-4-10(5-7-11)12-9-19-14(16-12)17-8-2-1-3-13(17)18/h4-7,9H,1-3,8H2. The van der Waals surface area contributed by atoms with Crippen molar-refractivity contribution in [3.8, 4) is 11.3 Å². The van der Waals surface area contributed by atoms with Crippen LogP contribution in [0.2, 0.25) is 5.02 Å². The van der Waals surface area contributed by atoms with Crippen molar-refractivity contribution in [1.29, 1.82) is 0 Å². The number of anilines is 1. The summed E-state index contributed by atoms with van der Waals surface area (Å²) in [6, 6.07) is 7.59. The number of carbonyl (C=O) groups is 1. The Kier molecular flexibility index (Phi) is 3.53. The van der Waals surface area contributed by atoms with Gasteiger partial charge in [0.05, 0.1) is 5.69 Å². The lowest BCUT2D eigenvalue weighted by atomic mass is 10.1. The molecule has 0 N–H and O–H groups in total. The van der Waals surface area contributed by atoms with Gasteiger partial charge in [0.15, 0.2) is 5.13 Å². The van der Waals surface area contributed by atoms with Gasteiger partial charge in [-0.1, -0.05) is 23.7 Å². The van der Waals surface area contributed by atoms with Crippen molar-refractivity contribution in [2.75, 3.05) is 11.4 Å². The van der Waals surface area contributed by atoms with Crippen LogP contribution in [0, 0.1) is 0 Å². The molecular formula is C14H13ClN2OS. The van der Waals surface area contributed by atoms with E-state index in [1.54, 1.807) is 4.90 Å². The summed E-state index contributed by atoms with van der Waals surface area (Å²) < 4.78 is 0. The first kappa shape index (κ1) is 12.6. The average molecular weight is 293 g/mol. The van der Waals surface area contributed by atoms with E-state index in [0.29, 0.717) is 11.4 Å². The Bertz CT molecular complexity index is 594. The molecule has 2 heterocycles. The zero-order chi connectivity index (χ0) is 13.2. The van der Waals surface area contributed by atoms with Gasteiger partial charge in [-0.05, 0) is 25.0 Å². The molecule has 1 fully saturated rings. The Balaban J connectivity index is 1.86. The number of aromatic nitrogens is 1. The van der Waals surface area contributed by atoms with Crippen molar-refractivity contribution in [3.05, 3.63) is 34.7 Å². The third-order valence-electron chi connectivity index (χ3n) is 3.19. The number of nitrogens with zero attached hydrogens (tertiary/aromatic N) is 2. The Labute approximate surface area is 120 Å². The lowest BCUT2D eigenvalue weighted by Gasteiger charge is -2.23. The fourth-order valence-corrected chi connectivity index (χ4v) is 3.15. The van der Waals surface area contributed by atoms with E-state index >= 15 is 0 Å². The number of piperidine rings is 1. The lowest BCUT2D eigenvalue weighted by Crippen LogP contribution is -2.35. The Morgan fingerprint density at radius 2 is 2.00 bits per heavy atom. The number of thiazole rings is 1. The number of hydrogen-bond acceptors (Lipinski definition) is 3. The fraction of sp³-hybridized carbons (Fsp3) is 0.286. The van der Waals surface area contributed by atoms with Crippen molar-refractivity contribution in [2.24, 2.45) is 0 Å². The number of rotatable bonds is 2. The minimum absolute atomic E-state index is 0.184. The Hall–Kier alpha value is -1.39. The van der Waals surface area contributed by atoms with Crippen LogP contribution in [-0.2, 0) is 4.79 Å². The number of carbonyl (C=O) groups excluding carboxylic acids is 1. The highest BCUT2D eigenvalue weighted by Gasteiger charge is 2.22. The largest absolute Gasteiger partial charge is 0.288 e. The first-order valence-corrected chi connectivity index (χ1v) is 7.51. The molecule has 0 radical (unpaired) electrons. The van der Waals surface area contributed by atoms with E-state index in [9.17, 15) is 4.79 Å². The first-order chi connectivity index (χ1) is 9.24. The highest BCUT2D eigenvalue weighted by Crippen LogP contribution is 2.30. The van der Waals surface area contributed by atoms with E-state index in [4.69, 9.17) is 11.6 Å². The molecule has 2 aromatic rings. The van der Waals surface area contributed by atoms with Gasteiger partial charge in [0.1, 0.15) is 0 Å². The van der Waals surface area contributed by atoms with Gasteiger partial charge >= 0.3 is 0 Å². The highest BCUT2D eigenvalue weighted by molar-refractivity contribution is 7.14. The number of benzene rings is 1. The molecule has 0 aliphatic carbocycles. The molecule has 3 rings (SSSR count). The molecule has 0 saturated carbocycles. The molecule has 98 valence electrons. The predicted octanol–water partition coefficient (Wildman–Crippen LogP) is 3.98. The first-order valence-electron chi connectivity index (χ1n) is 6.26. The highest BCUT2D eigenvalue weighted by atomic mass is 35.5. The quantitative estimate of drug-likeness (QED) is 0.839. The smallest absolute Gasteiger partial charge is 0.228 e. The van der Waals surface area contributed by atoms with Gasteiger partial charge in [0.2, 0.25) is 5.91 Å².